The number of nitrogen functional groups attached to an aromatic ring is 1. The Kier molecular flexibility index (Phi) is 5.59. The third-order valence-electron chi connectivity index (χ3n) is 3.92. The van der Waals surface area contributed by atoms with Crippen LogP contribution >= 0.6 is 0 Å². The standard InChI is InChI=1S/C15H27N5/c1-3-7-12-9-5-6-10-20(12)15-11-14(19-16)17-13(18-15)8-4-2/h11-12H,3-10,16H2,1-2H3,(H,17,18,19). The minimum absolute atomic E-state index is 0.615. The summed E-state index contributed by atoms with van der Waals surface area (Å²) in [5, 5.41) is 0. The maximum absolute atomic E-state index is 5.55. The van der Waals surface area contributed by atoms with Crippen molar-refractivity contribution in [2.24, 2.45) is 5.84 Å². The monoisotopic (exact) mass is 277 g/mol. The SMILES string of the molecule is CCCc1nc(NN)cc(N2CCCCC2CCC)n1. The Morgan fingerprint density at radius 2 is 2.15 bits per heavy atom. The fourth-order valence-corrected chi connectivity index (χ4v) is 2.98. The van der Waals surface area contributed by atoms with Gasteiger partial charge in [-0.05, 0) is 32.1 Å². The first-order valence-electron chi connectivity index (χ1n) is 7.89. The molecule has 2 rings (SSSR count). The molecule has 3 N–H and O–H groups in total. The van der Waals surface area contributed by atoms with Crippen LogP contribution in [-0.4, -0.2) is 22.6 Å². The lowest BCUT2D eigenvalue weighted by Gasteiger charge is -2.37. The highest BCUT2D eigenvalue weighted by Crippen LogP contribution is 2.27. The first-order chi connectivity index (χ1) is 9.78. The molecule has 1 aromatic rings. The Morgan fingerprint density at radius 3 is 2.85 bits per heavy atom. The number of nitrogens with two attached hydrogens (primary N) is 1. The maximum Gasteiger partial charge on any atom is 0.145 e. The van der Waals surface area contributed by atoms with Crippen molar-refractivity contribution in [1.29, 1.82) is 0 Å². The highest BCUT2D eigenvalue weighted by Gasteiger charge is 2.23. The van der Waals surface area contributed by atoms with Gasteiger partial charge in [0, 0.05) is 25.1 Å². The Balaban J connectivity index is 2.26. The molecule has 20 heavy (non-hydrogen) atoms. The van der Waals surface area contributed by atoms with E-state index in [0.717, 1.165) is 36.8 Å². The summed E-state index contributed by atoms with van der Waals surface area (Å²) in [4.78, 5) is 11.6. The van der Waals surface area contributed by atoms with Crippen LogP contribution in [0.25, 0.3) is 0 Å². The van der Waals surface area contributed by atoms with Crippen molar-refractivity contribution < 1.29 is 0 Å². The van der Waals surface area contributed by atoms with E-state index in [0.29, 0.717) is 6.04 Å². The summed E-state index contributed by atoms with van der Waals surface area (Å²) in [5.74, 6) is 8.19. The molecule has 1 saturated heterocycles. The van der Waals surface area contributed by atoms with Gasteiger partial charge in [0.2, 0.25) is 0 Å². The Labute approximate surface area is 121 Å². The number of rotatable bonds is 6. The van der Waals surface area contributed by atoms with E-state index in [1.165, 1.54) is 32.1 Å². The third kappa shape index (κ3) is 3.60. The van der Waals surface area contributed by atoms with Crippen LogP contribution in [0.1, 0.15) is 58.2 Å². The summed E-state index contributed by atoms with van der Waals surface area (Å²) in [7, 11) is 0. The Hall–Kier alpha value is -1.36. The second-order valence-corrected chi connectivity index (χ2v) is 5.55. The zero-order valence-electron chi connectivity index (χ0n) is 12.7. The normalized spacial score (nSPS) is 19.1. The number of hydrogen-bond acceptors (Lipinski definition) is 5. The number of nitrogens with zero attached hydrogens (tertiary/aromatic N) is 3. The Morgan fingerprint density at radius 1 is 1.30 bits per heavy atom. The van der Waals surface area contributed by atoms with E-state index in [1.807, 2.05) is 6.07 Å². The lowest BCUT2D eigenvalue weighted by molar-refractivity contribution is 0.431. The molecule has 112 valence electrons. The van der Waals surface area contributed by atoms with Crippen LogP contribution in [0.2, 0.25) is 0 Å². The number of nitrogens with one attached hydrogen (secondary N) is 1. The molecule has 0 saturated carbocycles. The molecule has 1 aromatic heterocycles. The maximum atomic E-state index is 5.55. The zero-order chi connectivity index (χ0) is 14.4. The molecule has 1 fully saturated rings. The molecule has 0 spiro atoms. The van der Waals surface area contributed by atoms with Crippen LogP contribution in [0, 0.1) is 0 Å². The molecule has 1 aliphatic rings. The number of hydrogen-bond donors (Lipinski definition) is 2. The van der Waals surface area contributed by atoms with Crippen molar-refractivity contribution in [2.75, 3.05) is 16.9 Å². The van der Waals surface area contributed by atoms with Gasteiger partial charge in [0.25, 0.3) is 0 Å². The summed E-state index contributed by atoms with van der Waals surface area (Å²) in [6.45, 7) is 5.49. The quantitative estimate of drug-likeness (QED) is 0.618. The second-order valence-electron chi connectivity index (χ2n) is 5.55. The minimum atomic E-state index is 0.615. The van der Waals surface area contributed by atoms with Crippen LogP contribution in [0.15, 0.2) is 6.07 Å². The van der Waals surface area contributed by atoms with Crippen molar-refractivity contribution in [1.82, 2.24) is 9.97 Å². The minimum Gasteiger partial charge on any atom is -0.353 e. The van der Waals surface area contributed by atoms with Gasteiger partial charge in [0.05, 0.1) is 0 Å². The van der Waals surface area contributed by atoms with E-state index in [9.17, 15) is 0 Å². The fraction of sp³-hybridized carbons (Fsp3) is 0.733. The highest BCUT2D eigenvalue weighted by atomic mass is 15.3. The molecule has 2 heterocycles. The van der Waals surface area contributed by atoms with Crippen molar-refractivity contribution in [3.05, 3.63) is 11.9 Å². The zero-order valence-corrected chi connectivity index (χ0v) is 12.7. The van der Waals surface area contributed by atoms with Crippen molar-refractivity contribution in [2.45, 2.75) is 64.8 Å². The molecule has 0 aromatic carbocycles. The van der Waals surface area contributed by atoms with Gasteiger partial charge in [-0.15, -0.1) is 0 Å². The summed E-state index contributed by atoms with van der Waals surface area (Å²) in [6, 6.07) is 2.59. The van der Waals surface area contributed by atoms with Gasteiger partial charge in [-0.3, -0.25) is 0 Å². The smallest absolute Gasteiger partial charge is 0.145 e. The molecular weight excluding hydrogens is 250 g/mol. The predicted octanol–water partition coefficient (Wildman–Crippen LogP) is 2.87. The number of piperidine rings is 1. The highest BCUT2D eigenvalue weighted by molar-refractivity contribution is 5.50. The van der Waals surface area contributed by atoms with Crippen LogP contribution in [0.4, 0.5) is 11.6 Å². The molecule has 0 amide bonds. The molecule has 5 nitrogen and oxygen atoms in total. The van der Waals surface area contributed by atoms with Gasteiger partial charge in [-0.1, -0.05) is 20.3 Å². The summed E-state index contributed by atoms with van der Waals surface area (Å²) in [5.41, 5.74) is 2.67. The average Bonchev–Trinajstić information content (AvgIpc) is 2.48. The summed E-state index contributed by atoms with van der Waals surface area (Å²) >= 11 is 0. The van der Waals surface area contributed by atoms with E-state index in [2.05, 4.69) is 29.2 Å². The van der Waals surface area contributed by atoms with Crippen LogP contribution in [0.5, 0.6) is 0 Å². The van der Waals surface area contributed by atoms with E-state index in [4.69, 9.17) is 10.8 Å². The third-order valence-corrected chi connectivity index (χ3v) is 3.92. The first-order valence-corrected chi connectivity index (χ1v) is 7.89. The van der Waals surface area contributed by atoms with Crippen molar-refractivity contribution >= 4 is 11.6 Å². The van der Waals surface area contributed by atoms with Gasteiger partial charge >= 0.3 is 0 Å². The van der Waals surface area contributed by atoms with Crippen molar-refractivity contribution in [3.63, 3.8) is 0 Å². The molecule has 1 unspecified atom stereocenters. The largest absolute Gasteiger partial charge is 0.353 e. The topological polar surface area (TPSA) is 67.1 Å². The van der Waals surface area contributed by atoms with E-state index >= 15 is 0 Å². The lowest BCUT2D eigenvalue weighted by atomic mass is 9.98. The van der Waals surface area contributed by atoms with Gasteiger partial charge in [-0.2, -0.15) is 0 Å². The van der Waals surface area contributed by atoms with Gasteiger partial charge in [-0.25, -0.2) is 15.8 Å². The molecule has 0 radical (unpaired) electrons. The van der Waals surface area contributed by atoms with Gasteiger partial charge < -0.3 is 10.3 Å². The van der Waals surface area contributed by atoms with E-state index in [-0.39, 0.29) is 0 Å². The predicted molar refractivity (Wildman–Crippen MR) is 83.7 cm³/mol. The number of hydrazine groups is 1. The van der Waals surface area contributed by atoms with Crippen molar-refractivity contribution in [3.8, 4) is 0 Å². The fourth-order valence-electron chi connectivity index (χ4n) is 2.98. The molecule has 5 heteroatoms. The number of anilines is 2. The van der Waals surface area contributed by atoms with Crippen LogP contribution < -0.4 is 16.2 Å². The molecular formula is C15H27N5. The van der Waals surface area contributed by atoms with E-state index < -0.39 is 0 Å². The van der Waals surface area contributed by atoms with Crippen LogP contribution in [-0.2, 0) is 6.42 Å². The van der Waals surface area contributed by atoms with Gasteiger partial charge in [0.15, 0.2) is 0 Å². The summed E-state index contributed by atoms with van der Waals surface area (Å²) < 4.78 is 0. The summed E-state index contributed by atoms with van der Waals surface area (Å²) in [6.07, 6.45) is 8.25. The molecule has 0 bridgehead atoms. The average molecular weight is 277 g/mol. The first kappa shape index (κ1) is 15.0. The Bertz CT molecular complexity index is 419. The van der Waals surface area contributed by atoms with E-state index in [1.54, 1.807) is 0 Å². The molecule has 0 aliphatic carbocycles. The number of aryl methyl sites for hydroxylation is 1. The number of aromatic nitrogens is 2. The van der Waals surface area contributed by atoms with Gasteiger partial charge in [0.1, 0.15) is 17.5 Å². The molecule has 1 aliphatic heterocycles. The lowest BCUT2D eigenvalue weighted by Crippen LogP contribution is -2.40. The van der Waals surface area contributed by atoms with Crippen LogP contribution in [0.3, 0.4) is 0 Å². The second kappa shape index (κ2) is 7.43. The molecule has 1 atom stereocenters.